The number of rotatable bonds is 16. The van der Waals surface area contributed by atoms with Crippen LogP contribution in [0.15, 0.2) is 30.3 Å². The minimum absolute atomic E-state index is 0.0764. The second kappa shape index (κ2) is 13.8. The normalized spacial score (nSPS) is 12.6. The highest BCUT2D eigenvalue weighted by atomic mass is 32.1. The fraction of sp³-hybridized carbons (Fsp3) is 0.367. The molecule has 0 aliphatic carbocycles. The molecular formula is C30H31NO10S2. The van der Waals surface area contributed by atoms with E-state index >= 15 is 0 Å². The van der Waals surface area contributed by atoms with Crippen molar-refractivity contribution < 1.29 is 48.3 Å². The highest BCUT2D eigenvalue weighted by Gasteiger charge is 2.21. The Kier molecular flexibility index (Phi) is 10.2. The molecule has 1 aromatic carbocycles. The molecular weight excluding hydrogens is 598 g/mol. The van der Waals surface area contributed by atoms with Crippen LogP contribution in [0.1, 0.15) is 52.5 Å². The molecule has 3 heterocycles. The third-order valence-corrected chi connectivity index (χ3v) is 8.87. The Labute approximate surface area is 255 Å². The van der Waals surface area contributed by atoms with Gasteiger partial charge in [-0.15, -0.1) is 22.7 Å². The number of pyridine rings is 1. The number of hydrogen-bond acceptors (Lipinski definition) is 11. The Morgan fingerprint density at radius 3 is 1.91 bits per heavy atom. The summed E-state index contributed by atoms with van der Waals surface area (Å²) in [6.45, 7) is 3.54. The van der Waals surface area contributed by atoms with Crippen LogP contribution in [0.3, 0.4) is 0 Å². The molecule has 228 valence electrons. The highest BCUT2D eigenvalue weighted by Crippen LogP contribution is 2.38. The smallest absolute Gasteiger partial charge is 0.306 e. The topological polar surface area (TPSA) is 159 Å². The largest absolute Gasteiger partial charge is 0.493 e. The fourth-order valence-electron chi connectivity index (χ4n) is 4.12. The van der Waals surface area contributed by atoms with Crippen molar-refractivity contribution in [2.45, 2.75) is 33.1 Å². The van der Waals surface area contributed by atoms with Gasteiger partial charge in [-0.3, -0.25) is 19.2 Å². The van der Waals surface area contributed by atoms with Gasteiger partial charge in [0.25, 0.3) is 5.88 Å². The van der Waals surface area contributed by atoms with Crippen LogP contribution in [0.25, 0.3) is 20.3 Å². The predicted molar refractivity (Wildman–Crippen MR) is 162 cm³/mol. The number of carbonyl (C=O) groups excluding carboxylic acids is 2. The minimum atomic E-state index is -1.02. The van der Waals surface area contributed by atoms with Gasteiger partial charge in [0.05, 0.1) is 59.2 Å². The number of methoxy groups -OCH3 is 2. The number of carboxylic acids is 2. The zero-order chi connectivity index (χ0) is 31.3. The van der Waals surface area contributed by atoms with Crippen molar-refractivity contribution in [3.63, 3.8) is 0 Å². The first kappa shape index (κ1) is 31.7. The van der Waals surface area contributed by atoms with Gasteiger partial charge in [-0.05, 0) is 23.6 Å². The lowest BCUT2D eigenvalue weighted by atomic mass is 10.0. The number of ether oxygens (including phenoxy) is 4. The summed E-state index contributed by atoms with van der Waals surface area (Å²) in [5.74, 6) is -2.41. The van der Waals surface area contributed by atoms with Gasteiger partial charge >= 0.3 is 11.9 Å². The second-order valence-corrected chi connectivity index (χ2v) is 12.1. The van der Waals surface area contributed by atoms with Gasteiger partial charge in [0.1, 0.15) is 0 Å². The molecule has 4 aromatic rings. The lowest BCUT2D eigenvalue weighted by Gasteiger charge is -2.12. The molecule has 11 nitrogen and oxygen atoms in total. The Morgan fingerprint density at radius 1 is 0.744 bits per heavy atom. The Morgan fingerprint density at radius 2 is 1.30 bits per heavy atom. The van der Waals surface area contributed by atoms with E-state index in [9.17, 15) is 19.2 Å². The second-order valence-electron chi connectivity index (χ2n) is 9.93. The van der Waals surface area contributed by atoms with Crippen molar-refractivity contribution >= 4 is 66.5 Å². The number of fused-ring (bicyclic) bond motifs is 2. The maximum atomic E-state index is 12.6. The molecule has 0 radical (unpaired) electrons. The molecule has 0 aliphatic heterocycles. The average Bonchev–Trinajstić information content (AvgIpc) is 3.59. The van der Waals surface area contributed by atoms with Crippen LogP contribution in [-0.2, 0) is 9.59 Å². The van der Waals surface area contributed by atoms with E-state index in [-0.39, 0.29) is 43.5 Å². The van der Waals surface area contributed by atoms with Crippen LogP contribution in [0.2, 0.25) is 0 Å². The van der Waals surface area contributed by atoms with Crippen LogP contribution in [0.4, 0.5) is 0 Å². The van der Waals surface area contributed by atoms with Crippen molar-refractivity contribution in [3.05, 3.63) is 40.1 Å². The number of hydrogen-bond donors (Lipinski definition) is 2. The van der Waals surface area contributed by atoms with E-state index in [4.69, 9.17) is 29.2 Å². The summed E-state index contributed by atoms with van der Waals surface area (Å²) in [7, 11) is 3.02. The molecule has 0 saturated carbocycles. The van der Waals surface area contributed by atoms with Crippen molar-refractivity contribution in [3.8, 4) is 23.1 Å². The van der Waals surface area contributed by atoms with Crippen molar-refractivity contribution in [2.24, 2.45) is 11.8 Å². The first-order valence-corrected chi connectivity index (χ1v) is 15.0. The summed E-state index contributed by atoms with van der Waals surface area (Å²) in [5.41, 5.74) is 0.549. The minimum Gasteiger partial charge on any atom is -0.493 e. The molecule has 2 N–H and O–H groups in total. The number of carboxylic acid groups (broad SMARTS) is 2. The van der Waals surface area contributed by atoms with E-state index in [1.165, 1.54) is 50.7 Å². The summed E-state index contributed by atoms with van der Waals surface area (Å²) in [6.07, 6.45) is 0.316. The highest BCUT2D eigenvalue weighted by molar-refractivity contribution is 7.21. The van der Waals surface area contributed by atoms with Gasteiger partial charge < -0.3 is 29.2 Å². The zero-order valence-corrected chi connectivity index (χ0v) is 25.6. The Balaban J connectivity index is 1.38. The molecule has 43 heavy (non-hydrogen) atoms. The maximum absolute atomic E-state index is 12.6. The number of benzene rings is 1. The molecule has 13 heteroatoms. The SMILES string of the molecule is COc1cc2sc(C(=O)CC(C)C(=O)O)cc2cc1OCCCOc1nc2cc(C(=O)CC(C)C(=O)O)sc2cc1OC. The summed E-state index contributed by atoms with van der Waals surface area (Å²) < 4.78 is 24.3. The lowest BCUT2D eigenvalue weighted by Crippen LogP contribution is -2.13. The van der Waals surface area contributed by atoms with Gasteiger partial charge in [0, 0.05) is 36.1 Å². The van der Waals surface area contributed by atoms with Crippen molar-refractivity contribution in [1.82, 2.24) is 4.98 Å². The first-order valence-electron chi connectivity index (χ1n) is 13.4. The lowest BCUT2D eigenvalue weighted by molar-refractivity contribution is -0.141. The summed E-state index contributed by atoms with van der Waals surface area (Å²) in [4.78, 5) is 52.7. The standard InChI is InChI=1S/C30H31NO10S2/c1-15(29(34)35)8-19(32)26-11-17-10-22(21(38-3)13-24(17)42-26)40-6-5-7-41-28-23(39-4)14-25-18(31-28)12-27(43-25)20(33)9-16(2)30(36)37/h10-16H,5-9H2,1-4H3,(H,34,35)(H,36,37). The third kappa shape index (κ3) is 7.59. The van der Waals surface area contributed by atoms with Crippen molar-refractivity contribution in [2.75, 3.05) is 27.4 Å². The van der Waals surface area contributed by atoms with Crippen molar-refractivity contribution in [1.29, 1.82) is 0 Å². The van der Waals surface area contributed by atoms with Crippen LogP contribution >= 0.6 is 22.7 Å². The third-order valence-electron chi connectivity index (χ3n) is 6.62. The number of thiophene rings is 2. The number of nitrogens with zero attached hydrogens (tertiary/aromatic N) is 1. The van der Waals surface area contributed by atoms with E-state index in [1.807, 2.05) is 0 Å². The van der Waals surface area contributed by atoms with Gasteiger partial charge in [-0.1, -0.05) is 13.8 Å². The summed E-state index contributed by atoms with van der Waals surface area (Å²) in [5, 5.41) is 19.0. The molecule has 4 rings (SSSR count). The Hall–Kier alpha value is -4.23. The van der Waals surface area contributed by atoms with E-state index < -0.39 is 23.8 Å². The number of aliphatic carboxylic acids is 2. The molecule has 0 bridgehead atoms. The summed E-state index contributed by atoms with van der Waals surface area (Å²) in [6, 6.07) is 8.67. The maximum Gasteiger partial charge on any atom is 0.306 e. The monoisotopic (exact) mass is 629 g/mol. The predicted octanol–water partition coefficient (Wildman–Crippen LogP) is 5.96. The molecule has 3 aromatic heterocycles. The number of aromatic nitrogens is 1. The van der Waals surface area contributed by atoms with Gasteiger partial charge in [-0.25, -0.2) is 4.98 Å². The zero-order valence-electron chi connectivity index (χ0n) is 24.0. The van der Waals surface area contributed by atoms with Gasteiger partial charge in [0.2, 0.25) is 0 Å². The number of Topliss-reactive ketones (excluding diaryl/α,β-unsaturated/α-hetero) is 2. The average molecular weight is 630 g/mol. The van der Waals surface area contributed by atoms with Crippen LogP contribution in [-0.4, -0.2) is 66.1 Å². The van der Waals surface area contributed by atoms with Gasteiger partial charge in [-0.2, -0.15) is 0 Å². The Bertz CT molecular complexity index is 1550. The van der Waals surface area contributed by atoms with E-state index in [0.29, 0.717) is 38.9 Å². The van der Waals surface area contributed by atoms with E-state index in [0.717, 1.165) is 14.8 Å². The summed E-state index contributed by atoms with van der Waals surface area (Å²) >= 11 is 2.50. The van der Waals surface area contributed by atoms with E-state index in [2.05, 4.69) is 4.98 Å². The van der Waals surface area contributed by atoms with Crippen LogP contribution < -0.4 is 18.9 Å². The van der Waals surface area contributed by atoms with Gasteiger partial charge in [0.15, 0.2) is 28.8 Å². The quantitative estimate of drug-likeness (QED) is 0.111. The molecule has 0 spiro atoms. The molecule has 0 amide bonds. The number of carbonyl (C=O) groups is 4. The molecule has 0 saturated heterocycles. The molecule has 0 fully saturated rings. The molecule has 2 unspecified atom stereocenters. The molecule has 0 aliphatic rings. The van der Waals surface area contributed by atoms with E-state index in [1.54, 1.807) is 30.3 Å². The van der Waals surface area contributed by atoms with Crippen LogP contribution in [0.5, 0.6) is 23.1 Å². The number of ketones is 2. The fourth-order valence-corrected chi connectivity index (χ4v) is 6.12. The first-order chi connectivity index (χ1) is 20.5. The molecule has 2 atom stereocenters. The van der Waals surface area contributed by atoms with Crippen LogP contribution in [0, 0.1) is 11.8 Å².